The zero-order valence-corrected chi connectivity index (χ0v) is 10.1. The van der Waals surface area contributed by atoms with E-state index in [4.69, 9.17) is 0 Å². The van der Waals surface area contributed by atoms with E-state index < -0.39 is 0 Å². The maximum atomic E-state index is 4.23. The number of hydrogen-bond donors (Lipinski definition) is 1. The first kappa shape index (κ1) is 11.3. The summed E-state index contributed by atoms with van der Waals surface area (Å²) in [7, 11) is 2.19. The molecule has 88 valence electrons. The van der Waals surface area contributed by atoms with Gasteiger partial charge in [0.25, 0.3) is 0 Å². The second-order valence-electron chi connectivity index (χ2n) is 5.06. The van der Waals surface area contributed by atoms with Crippen LogP contribution in [0.1, 0.15) is 19.8 Å². The SMILES string of the molecule is CN1CCC(C)(CNc2cnccn2)CC1. The molecule has 1 fully saturated rings. The van der Waals surface area contributed by atoms with Gasteiger partial charge >= 0.3 is 0 Å². The molecule has 0 spiro atoms. The number of piperidine rings is 1. The van der Waals surface area contributed by atoms with Gasteiger partial charge in [0.05, 0.1) is 6.20 Å². The van der Waals surface area contributed by atoms with E-state index in [0.29, 0.717) is 5.41 Å². The van der Waals surface area contributed by atoms with Crippen LogP contribution in [-0.2, 0) is 0 Å². The average molecular weight is 220 g/mol. The second kappa shape index (κ2) is 4.78. The Morgan fingerprint density at radius 3 is 2.75 bits per heavy atom. The smallest absolute Gasteiger partial charge is 0.144 e. The first-order valence-corrected chi connectivity index (χ1v) is 5.86. The molecule has 4 nitrogen and oxygen atoms in total. The van der Waals surface area contributed by atoms with Gasteiger partial charge in [-0.15, -0.1) is 0 Å². The third-order valence-electron chi connectivity index (χ3n) is 3.45. The number of hydrogen-bond acceptors (Lipinski definition) is 4. The van der Waals surface area contributed by atoms with Crippen molar-refractivity contribution in [1.82, 2.24) is 14.9 Å². The Bertz CT molecular complexity index is 317. The van der Waals surface area contributed by atoms with E-state index in [-0.39, 0.29) is 0 Å². The number of rotatable bonds is 3. The predicted octanol–water partition coefficient (Wildman–Crippen LogP) is 1.62. The molecule has 0 radical (unpaired) electrons. The van der Waals surface area contributed by atoms with Gasteiger partial charge in [-0.3, -0.25) is 4.98 Å². The van der Waals surface area contributed by atoms with Gasteiger partial charge in [-0.25, -0.2) is 4.98 Å². The Morgan fingerprint density at radius 2 is 2.12 bits per heavy atom. The fourth-order valence-electron chi connectivity index (χ4n) is 2.03. The standard InChI is InChI=1S/C12H20N4/c1-12(3-7-16(2)8-4-12)10-15-11-9-13-5-6-14-11/h5-6,9H,3-4,7-8,10H2,1-2H3,(H,14,15). The zero-order chi connectivity index (χ0) is 11.4. The lowest BCUT2D eigenvalue weighted by Crippen LogP contribution is -2.40. The fourth-order valence-corrected chi connectivity index (χ4v) is 2.03. The molecule has 1 aliphatic heterocycles. The molecule has 16 heavy (non-hydrogen) atoms. The number of nitrogens with one attached hydrogen (secondary N) is 1. The summed E-state index contributed by atoms with van der Waals surface area (Å²) in [5.74, 6) is 0.877. The number of likely N-dealkylation sites (tertiary alicyclic amines) is 1. The summed E-state index contributed by atoms with van der Waals surface area (Å²) >= 11 is 0. The van der Waals surface area contributed by atoms with Crippen molar-refractivity contribution in [2.75, 3.05) is 32.0 Å². The highest BCUT2D eigenvalue weighted by Gasteiger charge is 2.28. The lowest BCUT2D eigenvalue weighted by molar-refractivity contribution is 0.150. The molecule has 2 rings (SSSR count). The number of anilines is 1. The summed E-state index contributed by atoms with van der Waals surface area (Å²) in [6.07, 6.45) is 7.69. The van der Waals surface area contributed by atoms with Gasteiger partial charge in [-0.2, -0.15) is 0 Å². The van der Waals surface area contributed by atoms with Crippen molar-refractivity contribution in [3.05, 3.63) is 18.6 Å². The zero-order valence-electron chi connectivity index (χ0n) is 10.1. The first-order valence-electron chi connectivity index (χ1n) is 5.86. The molecule has 0 bridgehead atoms. The molecule has 0 aromatic carbocycles. The molecule has 0 atom stereocenters. The Labute approximate surface area is 97.1 Å². The molecule has 0 aliphatic carbocycles. The van der Waals surface area contributed by atoms with E-state index in [0.717, 1.165) is 12.4 Å². The third kappa shape index (κ3) is 2.92. The summed E-state index contributed by atoms with van der Waals surface area (Å²) in [5, 5.41) is 3.38. The highest BCUT2D eigenvalue weighted by atomic mass is 15.1. The summed E-state index contributed by atoms with van der Waals surface area (Å²) in [4.78, 5) is 10.7. The third-order valence-corrected chi connectivity index (χ3v) is 3.45. The number of aromatic nitrogens is 2. The van der Waals surface area contributed by atoms with Gasteiger partial charge in [0.2, 0.25) is 0 Å². The summed E-state index contributed by atoms with van der Waals surface area (Å²) in [6, 6.07) is 0. The molecule has 0 saturated carbocycles. The van der Waals surface area contributed by atoms with Crippen molar-refractivity contribution in [3.8, 4) is 0 Å². The van der Waals surface area contributed by atoms with Gasteiger partial charge in [-0.1, -0.05) is 6.92 Å². The molecule has 4 heteroatoms. The molecule has 1 N–H and O–H groups in total. The van der Waals surface area contributed by atoms with Gasteiger partial charge in [0.1, 0.15) is 5.82 Å². The van der Waals surface area contributed by atoms with Crippen LogP contribution in [0.15, 0.2) is 18.6 Å². The van der Waals surface area contributed by atoms with E-state index >= 15 is 0 Å². The Hall–Kier alpha value is -1.16. The van der Waals surface area contributed by atoms with Crippen LogP contribution in [0.4, 0.5) is 5.82 Å². The van der Waals surface area contributed by atoms with Crippen LogP contribution in [0, 0.1) is 5.41 Å². The van der Waals surface area contributed by atoms with Crippen molar-refractivity contribution in [2.45, 2.75) is 19.8 Å². The highest BCUT2D eigenvalue weighted by Crippen LogP contribution is 2.30. The van der Waals surface area contributed by atoms with Crippen molar-refractivity contribution >= 4 is 5.82 Å². The van der Waals surface area contributed by atoms with Crippen LogP contribution in [-0.4, -0.2) is 41.5 Å². The van der Waals surface area contributed by atoms with Crippen molar-refractivity contribution in [2.24, 2.45) is 5.41 Å². The van der Waals surface area contributed by atoms with E-state index in [1.165, 1.54) is 25.9 Å². The Balaban J connectivity index is 1.85. The van der Waals surface area contributed by atoms with Gasteiger partial charge in [-0.05, 0) is 38.4 Å². The summed E-state index contributed by atoms with van der Waals surface area (Å²) in [6.45, 7) is 5.72. The molecule has 1 aromatic rings. The topological polar surface area (TPSA) is 41.0 Å². The fraction of sp³-hybridized carbons (Fsp3) is 0.667. The van der Waals surface area contributed by atoms with Crippen LogP contribution in [0.5, 0.6) is 0 Å². The molecule has 0 unspecified atom stereocenters. The largest absolute Gasteiger partial charge is 0.368 e. The van der Waals surface area contributed by atoms with E-state index in [1.807, 2.05) is 0 Å². The minimum Gasteiger partial charge on any atom is -0.368 e. The van der Waals surface area contributed by atoms with Gasteiger partial charge < -0.3 is 10.2 Å². The first-order chi connectivity index (χ1) is 7.68. The highest BCUT2D eigenvalue weighted by molar-refractivity contribution is 5.30. The minimum absolute atomic E-state index is 0.393. The maximum Gasteiger partial charge on any atom is 0.144 e. The molecule has 1 aliphatic rings. The predicted molar refractivity (Wildman–Crippen MR) is 65.4 cm³/mol. The molecule has 1 saturated heterocycles. The van der Waals surface area contributed by atoms with Crippen molar-refractivity contribution < 1.29 is 0 Å². The lowest BCUT2D eigenvalue weighted by atomic mass is 9.80. The van der Waals surface area contributed by atoms with Gasteiger partial charge in [0.15, 0.2) is 0 Å². The molecule has 2 heterocycles. The lowest BCUT2D eigenvalue weighted by Gasteiger charge is -2.38. The quantitative estimate of drug-likeness (QED) is 0.840. The van der Waals surface area contributed by atoms with Crippen molar-refractivity contribution in [1.29, 1.82) is 0 Å². The molecular formula is C12H20N4. The monoisotopic (exact) mass is 220 g/mol. The van der Waals surface area contributed by atoms with E-state index in [1.54, 1.807) is 18.6 Å². The second-order valence-corrected chi connectivity index (χ2v) is 5.06. The maximum absolute atomic E-state index is 4.23. The average Bonchev–Trinajstić information content (AvgIpc) is 2.33. The van der Waals surface area contributed by atoms with Crippen LogP contribution in [0.2, 0.25) is 0 Å². The Kier molecular flexibility index (Phi) is 3.39. The molecular weight excluding hydrogens is 200 g/mol. The Morgan fingerprint density at radius 1 is 1.38 bits per heavy atom. The molecule has 1 aromatic heterocycles. The van der Waals surface area contributed by atoms with Crippen LogP contribution < -0.4 is 5.32 Å². The van der Waals surface area contributed by atoms with Crippen LogP contribution in [0.25, 0.3) is 0 Å². The normalized spacial score (nSPS) is 20.6. The van der Waals surface area contributed by atoms with Crippen LogP contribution in [0.3, 0.4) is 0 Å². The minimum atomic E-state index is 0.393. The van der Waals surface area contributed by atoms with Gasteiger partial charge in [0, 0.05) is 18.9 Å². The summed E-state index contributed by atoms with van der Waals surface area (Å²) in [5.41, 5.74) is 0.393. The van der Waals surface area contributed by atoms with E-state index in [9.17, 15) is 0 Å². The summed E-state index contributed by atoms with van der Waals surface area (Å²) < 4.78 is 0. The van der Waals surface area contributed by atoms with Crippen LogP contribution >= 0.6 is 0 Å². The number of nitrogens with zero attached hydrogens (tertiary/aromatic N) is 3. The van der Waals surface area contributed by atoms with Crippen molar-refractivity contribution in [3.63, 3.8) is 0 Å². The molecule has 0 amide bonds. The van der Waals surface area contributed by atoms with E-state index in [2.05, 4.69) is 34.2 Å².